The van der Waals surface area contributed by atoms with Gasteiger partial charge in [-0.2, -0.15) is 0 Å². The molecule has 0 aliphatic carbocycles. The summed E-state index contributed by atoms with van der Waals surface area (Å²) >= 11 is 0. The molecule has 14 heavy (non-hydrogen) atoms. The normalized spacial score (nSPS) is 9.14. The van der Waals surface area contributed by atoms with Crippen molar-refractivity contribution in [1.82, 2.24) is 5.32 Å². The lowest BCUT2D eigenvalue weighted by Crippen LogP contribution is -2.11. The van der Waals surface area contributed by atoms with Crippen LogP contribution in [0, 0.1) is 6.92 Å². The third-order valence-electron chi connectivity index (χ3n) is 1.66. The van der Waals surface area contributed by atoms with Crippen molar-refractivity contribution in [3.05, 3.63) is 35.4 Å². The number of nitrogens with one attached hydrogen (secondary N) is 1. The minimum Gasteiger partial charge on any atom is -0.397 e. The van der Waals surface area contributed by atoms with Crippen LogP contribution in [-0.4, -0.2) is 18.3 Å². The molecule has 2 nitrogen and oxygen atoms in total. The summed E-state index contributed by atoms with van der Waals surface area (Å²) in [5.41, 5.74) is 2.70. The topological polar surface area (TPSA) is 32.3 Å². The van der Waals surface area contributed by atoms with Gasteiger partial charge in [-0.1, -0.05) is 36.8 Å². The molecule has 0 aliphatic rings. The first kappa shape index (κ1) is 13.1. The zero-order chi connectivity index (χ0) is 10.8. The Labute approximate surface area is 87.0 Å². The molecule has 0 bridgehead atoms. The molecule has 0 radical (unpaired) electrons. The monoisotopic (exact) mass is 195 g/mol. The molecule has 0 amide bonds. The van der Waals surface area contributed by atoms with Crippen LogP contribution in [0.25, 0.3) is 0 Å². The smallest absolute Gasteiger partial charge is 0.0402 e. The number of aryl methyl sites for hydroxylation is 1. The average molecular weight is 195 g/mol. The highest BCUT2D eigenvalue weighted by Gasteiger charge is 1.89. The summed E-state index contributed by atoms with van der Waals surface area (Å²) in [5, 5.41) is 10.9. The van der Waals surface area contributed by atoms with Gasteiger partial charge in [-0.3, -0.25) is 0 Å². The van der Waals surface area contributed by atoms with Crippen molar-refractivity contribution in [2.45, 2.75) is 27.3 Å². The minimum atomic E-state index is 0.250. The maximum atomic E-state index is 7.57. The van der Waals surface area contributed by atoms with Crippen molar-refractivity contribution in [2.75, 3.05) is 13.2 Å². The van der Waals surface area contributed by atoms with Crippen LogP contribution in [0.3, 0.4) is 0 Å². The number of benzene rings is 1. The quantitative estimate of drug-likeness (QED) is 0.774. The van der Waals surface area contributed by atoms with E-state index in [0.29, 0.717) is 0 Å². The van der Waals surface area contributed by atoms with Crippen LogP contribution in [0.5, 0.6) is 0 Å². The Morgan fingerprint density at radius 1 is 1.29 bits per heavy atom. The van der Waals surface area contributed by atoms with E-state index in [1.165, 1.54) is 11.1 Å². The largest absolute Gasteiger partial charge is 0.397 e. The second kappa shape index (κ2) is 8.73. The fourth-order valence-corrected chi connectivity index (χ4v) is 1.09. The van der Waals surface area contributed by atoms with Gasteiger partial charge >= 0.3 is 0 Å². The van der Waals surface area contributed by atoms with E-state index < -0.39 is 0 Å². The van der Waals surface area contributed by atoms with Gasteiger partial charge in [0.2, 0.25) is 0 Å². The van der Waals surface area contributed by atoms with Crippen LogP contribution in [-0.2, 0) is 6.54 Å². The van der Waals surface area contributed by atoms with Gasteiger partial charge in [0.05, 0.1) is 0 Å². The number of aliphatic hydroxyl groups excluding tert-OH is 1. The summed E-state index contributed by atoms with van der Waals surface area (Å²) in [7, 11) is 0. The lowest BCUT2D eigenvalue weighted by atomic mass is 10.1. The highest BCUT2D eigenvalue weighted by molar-refractivity contribution is 5.21. The molecule has 0 saturated carbocycles. The molecule has 80 valence electrons. The van der Waals surface area contributed by atoms with E-state index in [2.05, 4.69) is 43.4 Å². The van der Waals surface area contributed by atoms with Gasteiger partial charge in [-0.05, 0) is 26.0 Å². The standard InChI is InChI=1S/C10H15N.C2H6O/c1-3-11-8-10-6-4-5-9(2)7-10;1-2-3/h4-7,11H,3,8H2,1-2H3;3H,2H2,1H3. The van der Waals surface area contributed by atoms with Gasteiger partial charge in [0.25, 0.3) is 0 Å². The molecular weight excluding hydrogens is 174 g/mol. The summed E-state index contributed by atoms with van der Waals surface area (Å²) in [6, 6.07) is 8.58. The Kier molecular flexibility index (Phi) is 8.19. The van der Waals surface area contributed by atoms with E-state index in [0.717, 1.165) is 13.1 Å². The van der Waals surface area contributed by atoms with Crippen LogP contribution in [0.2, 0.25) is 0 Å². The fraction of sp³-hybridized carbons (Fsp3) is 0.500. The molecule has 2 N–H and O–H groups in total. The SMILES string of the molecule is CCNCc1cccc(C)c1.CCO. The van der Waals surface area contributed by atoms with Gasteiger partial charge in [0, 0.05) is 13.2 Å². The molecule has 0 heterocycles. The Balaban J connectivity index is 0.000000500. The summed E-state index contributed by atoms with van der Waals surface area (Å²) < 4.78 is 0. The predicted octanol–water partition coefficient (Wildman–Crippen LogP) is 2.10. The van der Waals surface area contributed by atoms with Crippen molar-refractivity contribution >= 4 is 0 Å². The summed E-state index contributed by atoms with van der Waals surface area (Å²) in [5.74, 6) is 0. The maximum Gasteiger partial charge on any atom is 0.0402 e. The van der Waals surface area contributed by atoms with Crippen LogP contribution in [0.15, 0.2) is 24.3 Å². The number of rotatable bonds is 3. The first-order valence-electron chi connectivity index (χ1n) is 5.11. The summed E-state index contributed by atoms with van der Waals surface area (Å²) in [6.45, 7) is 8.19. The van der Waals surface area contributed by atoms with Gasteiger partial charge in [-0.25, -0.2) is 0 Å². The van der Waals surface area contributed by atoms with Gasteiger partial charge < -0.3 is 10.4 Å². The van der Waals surface area contributed by atoms with Gasteiger partial charge in [0.15, 0.2) is 0 Å². The highest BCUT2D eigenvalue weighted by atomic mass is 16.2. The highest BCUT2D eigenvalue weighted by Crippen LogP contribution is 2.02. The Morgan fingerprint density at radius 2 is 1.93 bits per heavy atom. The van der Waals surface area contributed by atoms with E-state index >= 15 is 0 Å². The molecule has 1 aromatic rings. The summed E-state index contributed by atoms with van der Waals surface area (Å²) in [6.07, 6.45) is 0. The molecule has 0 atom stereocenters. The lowest BCUT2D eigenvalue weighted by molar-refractivity contribution is 0.318. The van der Waals surface area contributed by atoms with E-state index in [1.807, 2.05) is 0 Å². The molecule has 0 aliphatic heterocycles. The van der Waals surface area contributed by atoms with Crippen molar-refractivity contribution < 1.29 is 5.11 Å². The molecular formula is C12H21NO. The fourth-order valence-electron chi connectivity index (χ4n) is 1.09. The Hall–Kier alpha value is -0.860. The van der Waals surface area contributed by atoms with Crippen LogP contribution < -0.4 is 5.32 Å². The van der Waals surface area contributed by atoms with Crippen LogP contribution in [0.1, 0.15) is 25.0 Å². The number of aliphatic hydroxyl groups is 1. The minimum absolute atomic E-state index is 0.250. The molecule has 1 aromatic carbocycles. The number of hydrogen-bond donors (Lipinski definition) is 2. The molecule has 0 aromatic heterocycles. The van der Waals surface area contributed by atoms with Crippen molar-refractivity contribution in [2.24, 2.45) is 0 Å². The van der Waals surface area contributed by atoms with Crippen LogP contribution >= 0.6 is 0 Å². The first-order chi connectivity index (χ1) is 6.74. The first-order valence-corrected chi connectivity index (χ1v) is 5.11. The zero-order valence-corrected chi connectivity index (χ0v) is 9.38. The molecule has 0 unspecified atom stereocenters. The third-order valence-corrected chi connectivity index (χ3v) is 1.66. The van der Waals surface area contributed by atoms with Crippen LogP contribution in [0.4, 0.5) is 0 Å². The number of hydrogen-bond acceptors (Lipinski definition) is 2. The second-order valence-electron chi connectivity index (χ2n) is 3.09. The predicted molar refractivity (Wildman–Crippen MR) is 61.3 cm³/mol. The zero-order valence-electron chi connectivity index (χ0n) is 9.38. The van der Waals surface area contributed by atoms with E-state index in [-0.39, 0.29) is 6.61 Å². The van der Waals surface area contributed by atoms with Crippen molar-refractivity contribution in [3.63, 3.8) is 0 Å². The Bertz CT molecular complexity index is 236. The van der Waals surface area contributed by atoms with Gasteiger partial charge in [0.1, 0.15) is 0 Å². The van der Waals surface area contributed by atoms with E-state index in [4.69, 9.17) is 5.11 Å². The molecule has 0 spiro atoms. The maximum absolute atomic E-state index is 7.57. The molecule has 2 heteroatoms. The molecule has 0 fully saturated rings. The third kappa shape index (κ3) is 6.63. The van der Waals surface area contributed by atoms with E-state index in [9.17, 15) is 0 Å². The van der Waals surface area contributed by atoms with Crippen molar-refractivity contribution in [1.29, 1.82) is 0 Å². The average Bonchev–Trinajstić information content (AvgIpc) is 2.16. The molecule has 0 saturated heterocycles. The Morgan fingerprint density at radius 3 is 2.43 bits per heavy atom. The van der Waals surface area contributed by atoms with Gasteiger partial charge in [-0.15, -0.1) is 0 Å². The van der Waals surface area contributed by atoms with E-state index in [1.54, 1.807) is 6.92 Å². The second-order valence-corrected chi connectivity index (χ2v) is 3.09. The lowest BCUT2D eigenvalue weighted by Gasteiger charge is -2.01. The molecule has 1 rings (SSSR count). The van der Waals surface area contributed by atoms with Crippen molar-refractivity contribution in [3.8, 4) is 0 Å². The summed E-state index contributed by atoms with van der Waals surface area (Å²) in [4.78, 5) is 0.